The standard InChI is InChI=1S/C21H25FN2O2/c1-14-16-9-18(10-16)24(12-15-3-6-19(25-2)7-4-15)20(14)13-26-21-8-5-17(22)11-23-21/h3-8,11,14,16,18,20H,9-10,12-13H2,1-2H3/t14-,16?,18?,20+/m0/s1. The number of nitrogens with zero attached hydrogens (tertiary/aromatic N) is 2. The lowest BCUT2D eigenvalue weighted by Gasteiger charge is -2.57. The third-order valence-corrected chi connectivity index (χ3v) is 6.02. The highest BCUT2D eigenvalue weighted by Gasteiger charge is 2.48. The van der Waals surface area contributed by atoms with E-state index in [2.05, 4.69) is 28.9 Å². The molecule has 0 radical (unpaired) electrons. The average Bonchev–Trinajstić information content (AvgIpc) is 2.62. The molecular weight excluding hydrogens is 331 g/mol. The van der Waals surface area contributed by atoms with Crippen molar-refractivity contribution in [1.29, 1.82) is 0 Å². The van der Waals surface area contributed by atoms with Crippen LogP contribution in [-0.4, -0.2) is 35.7 Å². The fourth-order valence-electron chi connectivity index (χ4n) is 4.27. The highest BCUT2D eigenvalue weighted by Crippen LogP contribution is 2.47. The molecule has 5 heteroatoms. The zero-order valence-corrected chi connectivity index (χ0v) is 15.3. The lowest BCUT2D eigenvalue weighted by Crippen LogP contribution is -2.62. The maximum absolute atomic E-state index is 13.0. The van der Waals surface area contributed by atoms with Gasteiger partial charge in [0.1, 0.15) is 18.2 Å². The molecule has 1 aromatic heterocycles. The fourth-order valence-corrected chi connectivity index (χ4v) is 4.27. The predicted molar refractivity (Wildman–Crippen MR) is 97.7 cm³/mol. The van der Waals surface area contributed by atoms with E-state index in [0.717, 1.165) is 18.2 Å². The molecule has 0 amide bonds. The summed E-state index contributed by atoms with van der Waals surface area (Å²) >= 11 is 0. The molecule has 2 bridgehead atoms. The minimum Gasteiger partial charge on any atom is -0.497 e. The Labute approximate surface area is 153 Å². The number of halogens is 1. The zero-order valence-electron chi connectivity index (χ0n) is 15.3. The van der Waals surface area contributed by atoms with Crippen LogP contribution in [0.25, 0.3) is 0 Å². The van der Waals surface area contributed by atoms with Crippen molar-refractivity contribution in [1.82, 2.24) is 9.88 Å². The highest BCUT2D eigenvalue weighted by atomic mass is 19.1. The van der Waals surface area contributed by atoms with E-state index in [9.17, 15) is 4.39 Å². The molecule has 2 saturated heterocycles. The minimum atomic E-state index is -0.342. The fraction of sp³-hybridized carbons (Fsp3) is 0.476. The second-order valence-corrected chi connectivity index (χ2v) is 7.46. The summed E-state index contributed by atoms with van der Waals surface area (Å²) in [7, 11) is 1.69. The first-order valence-corrected chi connectivity index (χ1v) is 9.27. The number of aromatic nitrogens is 1. The number of fused-ring (bicyclic) bond motifs is 2. The quantitative estimate of drug-likeness (QED) is 0.786. The van der Waals surface area contributed by atoms with Crippen LogP contribution in [0.5, 0.6) is 11.6 Å². The van der Waals surface area contributed by atoms with Gasteiger partial charge in [0, 0.05) is 24.7 Å². The van der Waals surface area contributed by atoms with Gasteiger partial charge in [-0.1, -0.05) is 19.1 Å². The second-order valence-electron chi connectivity index (χ2n) is 7.46. The largest absolute Gasteiger partial charge is 0.497 e. The topological polar surface area (TPSA) is 34.6 Å². The number of methoxy groups -OCH3 is 1. The number of hydrogen-bond donors (Lipinski definition) is 0. The van der Waals surface area contributed by atoms with E-state index in [0.29, 0.717) is 30.5 Å². The summed E-state index contributed by atoms with van der Waals surface area (Å²) in [6.45, 7) is 3.83. The molecule has 2 atom stereocenters. The second kappa shape index (κ2) is 7.23. The van der Waals surface area contributed by atoms with Crippen LogP contribution in [0, 0.1) is 17.7 Å². The molecule has 1 aromatic carbocycles. The van der Waals surface area contributed by atoms with Crippen molar-refractivity contribution in [3.05, 3.63) is 54.0 Å². The molecular formula is C21H25FN2O2. The summed E-state index contributed by atoms with van der Waals surface area (Å²) in [6, 6.07) is 12.3. The molecule has 0 spiro atoms. The molecule has 3 fully saturated rings. The number of hydrogen-bond acceptors (Lipinski definition) is 4. The maximum Gasteiger partial charge on any atom is 0.213 e. The average molecular weight is 356 g/mol. The molecule has 3 heterocycles. The van der Waals surface area contributed by atoms with E-state index in [-0.39, 0.29) is 5.82 Å². The third-order valence-electron chi connectivity index (χ3n) is 6.02. The Morgan fingerprint density at radius 2 is 1.92 bits per heavy atom. The molecule has 0 N–H and O–H groups in total. The van der Waals surface area contributed by atoms with Crippen molar-refractivity contribution < 1.29 is 13.9 Å². The summed E-state index contributed by atoms with van der Waals surface area (Å²) in [4.78, 5) is 6.60. The van der Waals surface area contributed by atoms with Crippen LogP contribution in [0.1, 0.15) is 25.3 Å². The minimum absolute atomic E-state index is 0.342. The van der Waals surface area contributed by atoms with E-state index in [1.54, 1.807) is 13.2 Å². The first kappa shape index (κ1) is 17.3. The van der Waals surface area contributed by atoms with E-state index < -0.39 is 0 Å². The number of pyridine rings is 1. The van der Waals surface area contributed by atoms with E-state index in [1.807, 2.05) is 12.1 Å². The molecule has 5 rings (SSSR count). The van der Waals surface area contributed by atoms with E-state index in [1.165, 1.54) is 30.7 Å². The molecule has 4 nitrogen and oxygen atoms in total. The maximum atomic E-state index is 13.0. The van der Waals surface area contributed by atoms with Crippen LogP contribution < -0.4 is 9.47 Å². The summed E-state index contributed by atoms with van der Waals surface area (Å²) < 4.78 is 24.2. The van der Waals surface area contributed by atoms with Gasteiger partial charge in [0.25, 0.3) is 0 Å². The normalized spacial score (nSPS) is 27.7. The molecule has 26 heavy (non-hydrogen) atoms. The smallest absolute Gasteiger partial charge is 0.213 e. The van der Waals surface area contributed by atoms with Gasteiger partial charge in [0.05, 0.1) is 13.3 Å². The molecule has 3 aliphatic rings. The van der Waals surface area contributed by atoms with E-state index in [4.69, 9.17) is 9.47 Å². The van der Waals surface area contributed by atoms with Crippen LogP contribution in [0.3, 0.4) is 0 Å². The van der Waals surface area contributed by atoms with Crippen molar-refractivity contribution in [2.24, 2.45) is 11.8 Å². The van der Waals surface area contributed by atoms with Crippen molar-refractivity contribution >= 4 is 0 Å². The Morgan fingerprint density at radius 1 is 1.15 bits per heavy atom. The van der Waals surface area contributed by atoms with Gasteiger partial charge in [0.2, 0.25) is 5.88 Å². The number of piperidine rings is 2. The Kier molecular flexibility index (Phi) is 4.81. The Bertz CT molecular complexity index is 729. The van der Waals surface area contributed by atoms with Crippen LogP contribution >= 0.6 is 0 Å². The Morgan fingerprint density at radius 3 is 2.58 bits per heavy atom. The van der Waals surface area contributed by atoms with Gasteiger partial charge >= 0.3 is 0 Å². The van der Waals surface area contributed by atoms with Crippen LogP contribution in [0.4, 0.5) is 4.39 Å². The van der Waals surface area contributed by atoms with Gasteiger partial charge in [-0.2, -0.15) is 0 Å². The Balaban J connectivity index is 1.45. The monoisotopic (exact) mass is 356 g/mol. The zero-order chi connectivity index (χ0) is 18.1. The van der Waals surface area contributed by atoms with Gasteiger partial charge in [0.15, 0.2) is 0 Å². The van der Waals surface area contributed by atoms with Crippen LogP contribution in [0.15, 0.2) is 42.6 Å². The molecule has 1 saturated carbocycles. The van der Waals surface area contributed by atoms with Crippen molar-refractivity contribution in [3.63, 3.8) is 0 Å². The predicted octanol–water partition coefficient (Wildman–Crippen LogP) is 3.91. The lowest BCUT2D eigenvalue weighted by atomic mass is 9.65. The van der Waals surface area contributed by atoms with Crippen LogP contribution in [-0.2, 0) is 6.54 Å². The first-order valence-electron chi connectivity index (χ1n) is 9.27. The molecule has 2 aromatic rings. The van der Waals surface area contributed by atoms with Crippen molar-refractivity contribution in [3.8, 4) is 11.6 Å². The van der Waals surface area contributed by atoms with Gasteiger partial charge in [-0.15, -0.1) is 0 Å². The molecule has 2 aliphatic heterocycles. The summed E-state index contributed by atoms with van der Waals surface area (Å²) in [5, 5.41) is 0. The summed E-state index contributed by atoms with van der Waals surface area (Å²) in [5.41, 5.74) is 1.29. The summed E-state index contributed by atoms with van der Waals surface area (Å²) in [6.07, 6.45) is 3.76. The number of ether oxygens (including phenoxy) is 2. The molecule has 138 valence electrons. The summed E-state index contributed by atoms with van der Waals surface area (Å²) in [5.74, 6) is 2.40. The van der Waals surface area contributed by atoms with Gasteiger partial charge in [-0.05, 0) is 48.4 Å². The molecule has 0 unspecified atom stereocenters. The third kappa shape index (κ3) is 3.40. The Hall–Kier alpha value is -2.14. The number of benzene rings is 1. The van der Waals surface area contributed by atoms with Gasteiger partial charge in [-0.25, -0.2) is 9.37 Å². The first-order chi connectivity index (χ1) is 12.6. The van der Waals surface area contributed by atoms with Gasteiger partial charge in [-0.3, -0.25) is 4.90 Å². The van der Waals surface area contributed by atoms with Crippen molar-refractivity contribution in [2.75, 3.05) is 13.7 Å². The van der Waals surface area contributed by atoms with Crippen LogP contribution in [0.2, 0.25) is 0 Å². The lowest BCUT2D eigenvalue weighted by molar-refractivity contribution is -0.0926. The SMILES string of the molecule is COc1ccc(CN2C3CC(C3)[C@H](C)[C@H]2COc2ccc(F)cn2)cc1. The highest BCUT2D eigenvalue weighted by molar-refractivity contribution is 5.27. The van der Waals surface area contributed by atoms with Crippen molar-refractivity contribution in [2.45, 2.75) is 38.4 Å². The number of rotatable bonds is 6. The molecule has 1 aliphatic carbocycles. The van der Waals surface area contributed by atoms with E-state index >= 15 is 0 Å². The van der Waals surface area contributed by atoms with Gasteiger partial charge < -0.3 is 9.47 Å².